The SMILES string of the molecule is Cc1cc(S(N)(=O)=O)cc(NC(=O)c2ccc(Cl)cc2Cl)c1C. The Balaban J connectivity index is 2.43. The highest BCUT2D eigenvalue weighted by Gasteiger charge is 2.16. The van der Waals surface area contributed by atoms with E-state index in [4.69, 9.17) is 28.3 Å². The van der Waals surface area contributed by atoms with Crippen LogP contribution >= 0.6 is 23.2 Å². The van der Waals surface area contributed by atoms with E-state index < -0.39 is 15.9 Å². The zero-order chi connectivity index (χ0) is 17.4. The van der Waals surface area contributed by atoms with E-state index in [-0.39, 0.29) is 15.5 Å². The van der Waals surface area contributed by atoms with Crippen LogP contribution in [0, 0.1) is 13.8 Å². The van der Waals surface area contributed by atoms with Crippen molar-refractivity contribution in [2.45, 2.75) is 18.7 Å². The number of carbonyl (C=O) groups is 1. The van der Waals surface area contributed by atoms with Gasteiger partial charge in [-0.05, 0) is 55.3 Å². The number of nitrogens with two attached hydrogens (primary N) is 1. The first-order valence-electron chi connectivity index (χ1n) is 6.50. The van der Waals surface area contributed by atoms with Gasteiger partial charge in [0.15, 0.2) is 0 Å². The number of carbonyl (C=O) groups excluding carboxylic acids is 1. The summed E-state index contributed by atoms with van der Waals surface area (Å²) in [5, 5.41) is 8.42. The first kappa shape index (κ1) is 17.7. The molecule has 0 atom stereocenters. The van der Waals surface area contributed by atoms with Gasteiger partial charge in [0.2, 0.25) is 10.0 Å². The molecule has 0 bridgehead atoms. The number of primary sulfonamides is 1. The molecule has 0 heterocycles. The predicted molar refractivity (Wildman–Crippen MR) is 91.7 cm³/mol. The number of amides is 1. The van der Waals surface area contributed by atoms with E-state index in [1.54, 1.807) is 19.9 Å². The molecule has 0 aliphatic heterocycles. The van der Waals surface area contributed by atoms with Crippen LogP contribution < -0.4 is 10.5 Å². The molecule has 5 nitrogen and oxygen atoms in total. The number of halogens is 2. The Morgan fingerprint density at radius 2 is 1.78 bits per heavy atom. The van der Waals surface area contributed by atoms with Crippen LogP contribution in [-0.2, 0) is 10.0 Å². The first-order chi connectivity index (χ1) is 10.6. The summed E-state index contributed by atoms with van der Waals surface area (Å²) in [7, 11) is -3.87. The van der Waals surface area contributed by atoms with Gasteiger partial charge in [-0.15, -0.1) is 0 Å². The Bertz CT molecular complexity index is 896. The smallest absolute Gasteiger partial charge is 0.257 e. The molecule has 0 fully saturated rings. The molecule has 2 rings (SSSR count). The topological polar surface area (TPSA) is 89.3 Å². The van der Waals surface area contributed by atoms with Crippen LogP contribution in [-0.4, -0.2) is 14.3 Å². The molecule has 3 N–H and O–H groups in total. The van der Waals surface area contributed by atoms with Crippen LogP contribution in [0.4, 0.5) is 5.69 Å². The zero-order valence-electron chi connectivity index (χ0n) is 12.4. The van der Waals surface area contributed by atoms with Crippen molar-refractivity contribution in [2.75, 3.05) is 5.32 Å². The Kier molecular flexibility index (Phi) is 5.01. The minimum atomic E-state index is -3.87. The molecule has 2 aromatic rings. The molecule has 122 valence electrons. The summed E-state index contributed by atoms with van der Waals surface area (Å²) in [6.45, 7) is 3.50. The molecular formula is C15H14Cl2N2O3S. The lowest BCUT2D eigenvalue weighted by Crippen LogP contribution is -2.16. The second kappa shape index (κ2) is 6.49. The maximum absolute atomic E-state index is 12.4. The van der Waals surface area contributed by atoms with Gasteiger partial charge in [-0.3, -0.25) is 4.79 Å². The average molecular weight is 373 g/mol. The number of hydrogen-bond acceptors (Lipinski definition) is 3. The highest BCUT2D eigenvalue weighted by atomic mass is 35.5. The monoisotopic (exact) mass is 372 g/mol. The Morgan fingerprint density at radius 3 is 2.35 bits per heavy atom. The second-order valence-electron chi connectivity index (χ2n) is 5.04. The van der Waals surface area contributed by atoms with Gasteiger partial charge in [-0.25, -0.2) is 13.6 Å². The fourth-order valence-electron chi connectivity index (χ4n) is 1.98. The normalized spacial score (nSPS) is 11.3. The van der Waals surface area contributed by atoms with Crippen LogP contribution in [0.2, 0.25) is 10.0 Å². The third-order valence-corrected chi connectivity index (χ3v) is 4.83. The molecule has 0 aromatic heterocycles. The van der Waals surface area contributed by atoms with Gasteiger partial charge >= 0.3 is 0 Å². The number of anilines is 1. The van der Waals surface area contributed by atoms with Crippen LogP contribution in [0.1, 0.15) is 21.5 Å². The average Bonchev–Trinajstić information content (AvgIpc) is 2.42. The second-order valence-corrected chi connectivity index (χ2v) is 7.44. The Hall–Kier alpha value is -1.60. The molecule has 0 saturated heterocycles. The highest BCUT2D eigenvalue weighted by molar-refractivity contribution is 7.89. The lowest BCUT2D eigenvalue weighted by atomic mass is 10.1. The molecule has 23 heavy (non-hydrogen) atoms. The van der Waals surface area contributed by atoms with Crippen LogP contribution in [0.5, 0.6) is 0 Å². The zero-order valence-corrected chi connectivity index (χ0v) is 14.7. The van der Waals surface area contributed by atoms with Crippen molar-refractivity contribution >= 4 is 44.8 Å². The molecular weight excluding hydrogens is 359 g/mol. The molecule has 0 aliphatic rings. The summed E-state index contributed by atoms with van der Waals surface area (Å²) < 4.78 is 23.1. The fourth-order valence-corrected chi connectivity index (χ4v) is 3.10. The van der Waals surface area contributed by atoms with Gasteiger partial charge in [0.05, 0.1) is 15.5 Å². The number of nitrogens with one attached hydrogen (secondary N) is 1. The highest BCUT2D eigenvalue weighted by Crippen LogP contribution is 2.26. The van der Waals surface area contributed by atoms with Crippen LogP contribution in [0.3, 0.4) is 0 Å². The first-order valence-corrected chi connectivity index (χ1v) is 8.80. The standard InChI is InChI=1S/C15H14Cl2N2O3S/c1-8-5-11(23(18,21)22)7-14(9(8)2)19-15(20)12-4-3-10(16)6-13(12)17/h3-7H,1-2H3,(H,19,20)(H2,18,21,22). The van der Waals surface area contributed by atoms with Crippen LogP contribution in [0.15, 0.2) is 35.2 Å². The molecule has 2 aromatic carbocycles. The Morgan fingerprint density at radius 1 is 1.13 bits per heavy atom. The summed E-state index contributed by atoms with van der Waals surface area (Å²) in [5.41, 5.74) is 2.00. The maximum Gasteiger partial charge on any atom is 0.257 e. The number of rotatable bonds is 3. The van der Waals surface area contributed by atoms with E-state index in [0.717, 1.165) is 5.56 Å². The van der Waals surface area contributed by atoms with Crippen molar-refractivity contribution in [1.82, 2.24) is 0 Å². The number of sulfonamides is 1. The largest absolute Gasteiger partial charge is 0.322 e. The van der Waals surface area contributed by atoms with Gasteiger partial charge in [0.1, 0.15) is 0 Å². The number of aryl methyl sites for hydroxylation is 1. The summed E-state index contributed by atoms with van der Waals surface area (Å²) >= 11 is 11.8. The van der Waals surface area contributed by atoms with Crippen molar-refractivity contribution in [3.63, 3.8) is 0 Å². The van der Waals surface area contributed by atoms with Crippen molar-refractivity contribution in [1.29, 1.82) is 0 Å². The lowest BCUT2D eigenvalue weighted by molar-refractivity contribution is 0.102. The number of hydrogen-bond donors (Lipinski definition) is 2. The van der Waals surface area contributed by atoms with Gasteiger partial charge in [-0.2, -0.15) is 0 Å². The molecule has 0 spiro atoms. The van der Waals surface area contributed by atoms with Crippen molar-refractivity contribution in [3.8, 4) is 0 Å². The van der Waals surface area contributed by atoms with Crippen molar-refractivity contribution < 1.29 is 13.2 Å². The van der Waals surface area contributed by atoms with E-state index in [2.05, 4.69) is 5.32 Å². The molecule has 1 amide bonds. The Labute approximate surface area is 144 Å². The van der Waals surface area contributed by atoms with Gasteiger partial charge in [0.25, 0.3) is 5.91 Å². The fraction of sp³-hybridized carbons (Fsp3) is 0.133. The van der Waals surface area contributed by atoms with E-state index in [0.29, 0.717) is 16.3 Å². The maximum atomic E-state index is 12.4. The van der Waals surface area contributed by atoms with Gasteiger partial charge < -0.3 is 5.32 Å². The third-order valence-electron chi connectivity index (χ3n) is 3.39. The minimum absolute atomic E-state index is 0.0712. The molecule has 0 unspecified atom stereocenters. The molecule has 0 saturated carbocycles. The third kappa shape index (κ3) is 4.03. The van der Waals surface area contributed by atoms with Gasteiger partial charge in [-0.1, -0.05) is 23.2 Å². The summed E-state index contributed by atoms with van der Waals surface area (Å²) in [4.78, 5) is 12.3. The van der Waals surface area contributed by atoms with Crippen molar-refractivity contribution in [2.24, 2.45) is 5.14 Å². The lowest BCUT2D eigenvalue weighted by Gasteiger charge is -2.13. The molecule has 0 radical (unpaired) electrons. The predicted octanol–water partition coefficient (Wildman–Crippen LogP) is 3.51. The molecule has 0 aliphatic carbocycles. The van der Waals surface area contributed by atoms with Gasteiger partial charge in [0, 0.05) is 10.7 Å². The van der Waals surface area contributed by atoms with Crippen LogP contribution in [0.25, 0.3) is 0 Å². The number of benzene rings is 2. The summed E-state index contributed by atoms with van der Waals surface area (Å²) in [5.74, 6) is -0.472. The van der Waals surface area contributed by atoms with E-state index >= 15 is 0 Å². The van der Waals surface area contributed by atoms with Crippen molar-refractivity contribution in [3.05, 3.63) is 57.1 Å². The summed E-state index contributed by atoms with van der Waals surface area (Å²) in [6.07, 6.45) is 0. The van der Waals surface area contributed by atoms with E-state index in [1.807, 2.05) is 0 Å². The minimum Gasteiger partial charge on any atom is -0.322 e. The summed E-state index contributed by atoms with van der Waals surface area (Å²) in [6, 6.07) is 7.26. The van der Waals surface area contributed by atoms with E-state index in [9.17, 15) is 13.2 Å². The molecule has 8 heteroatoms. The van der Waals surface area contributed by atoms with E-state index in [1.165, 1.54) is 24.3 Å². The quantitative estimate of drug-likeness (QED) is 0.863.